The molecular formula is C13H8F2O5. The van der Waals surface area contributed by atoms with Crippen LogP contribution in [0.3, 0.4) is 0 Å². The van der Waals surface area contributed by atoms with E-state index in [9.17, 15) is 23.8 Å². The van der Waals surface area contributed by atoms with E-state index in [4.69, 9.17) is 5.11 Å². The van der Waals surface area contributed by atoms with Crippen LogP contribution in [0.1, 0.15) is 10.4 Å². The molecule has 0 saturated heterocycles. The van der Waals surface area contributed by atoms with Crippen molar-refractivity contribution in [2.75, 3.05) is 0 Å². The van der Waals surface area contributed by atoms with Crippen molar-refractivity contribution in [3.05, 3.63) is 47.5 Å². The molecule has 0 unspecified atom stereocenters. The van der Waals surface area contributed by atoms with Gasteiger partial charge in [0.05, 0.1) is 5.56 Å². The Morgan fingerprint density at radius 1 is 1.05 bits per heavy atom. The van der Waals surface area contributed by atoms with Crippen LogP contribution in [-0.2, 0) is 0 Å². The number of hydrogen-bond donors (Lipinski definition) is 3. The second-order valence-corrected chi connectivity index (χ2v) is 3.80. The number of halogens is 2. The fraction of sp³-hybridized carbons (Fsp3) is 0. The van der Waals surface area contributed by atoms with Crippen LogP contribution in [0.25, 0.3) is 0 Å². The summed E-state index contributed by atoms with van der Waals surface area (Å²) in [6.45, 7) is 0. The van der Waals surface area contributed by atoms with Crippen LogP contribution < -0.4 is 4.74 Å². The maximum Gasteiger partial charge on any atom is 0.343 e. The lowest BCUT2D eigenvalue weighted by Gasteiger charge is -2.07. The molecule has 0 aliphatic rings. The van der Waals surface area contributed by atoms with E-state index in [0.29, 0.717) is 0 Å². The lowest BCUT2D eigenvalue weighted by molar-refractivity contribution is 0.0725. The van der Waals surface area contributed by atoms with Gasteiger partial charge in [-0.15, -0.1) is 0 Å². The van der Waals surface area contributed by atoms with Crippen LogP contribution in [0, 0.1) is 11.6 Å². The molecule has 2 aromatic rings. The first-order chi connectivity index (χ1) is 9.40. The zero-order valence-corrected chi connectivity index (χ0v) is 9.80. The molecule has 0 heterocycles. The molecule has 20 heavy (non-hydrogen) atoms. The fourth-order valence-electron chi connectivity index (χ4n) is 1.44. The average Bonchev–Trinajstić information content (AvgIpc) is 2.40. The molecule has 0 aromatic heterocycles. The summed E-state index contributed by atoms with van der Waals surface area (Å²) >= 11 is 0. The van der Waals surface area contributed by atoms with Gasteiger partial charge >= 0.3 is 5.97 Å². The summed E-state index contributed by atoms with van der Waals surface area (Å²) in [4.78, 5) is 11.7. The molecular weight excluding hydrogens is 274 g/mol. The number of phenolic OH excluding ortho intramolecular Hbond substituents is 3. The molecule has 104 valence electrons. The summed E-state index contributed by atoms with van der Waals surface area (Å²) in [6, 6.07) is 4.66. The predicted molar refractivity (Wildman–Crippen MR) is 62.8 cm³/mol. The van der Waals surface area contributed by atoms with Crippen LogP contribution in [-0.4, -0.2) is 21.3 Å². The Hall–Kier alpha value is -2.83. The zero-order valence-electron chi connectivity index (χ0n) is 9.80. The van der Waals surface area contributed by atoms with Crippen LogP contribution in [0.5, 0.6) is 23.0 Å². The van der Waals surface area contributed by atoms with E-state index in [0.717, 1.165) is 30.3 Å². The number of carbonyl (C=O) groups excluding carboxylic acids is 1. The van der Waals surface area contributed by atoms with Gasteiger partial charge < -0.3 is 20.1 Å². The number of ether oxygens (including phenoxy) is 1. The summed E-state index contributed by atoms with van der Waals surface area (Å²) in [5, 5.41) is 27.6. The van der Waals surface area contributed by atoms with Crippen molar-refractivity contribution in [3.63, 3.8) is 0 Å². The molecule has 0 aliphatic heterocycles. The largest absolute Gasteiger partial charge is 0.504 e. The molecule has 7 heteroatoms. The minimum absolute atomic E-state index is 0.346. The summed E-state index contributed by atoms with van der Waals surface area (Å²) in [7, 11) is 0. The van der Waals surface area contributed by atoms with Crippen molar-refractivity contribution in [1.29, 1.82) is 0 Å². The number of carbonyl (C=O) groups is 1. The highest BCUT2D eigenvalue weighted by Crippen LogP contribution is 2.35. The third kappa shape index (κ3) is 2.46. The SMILES string of the molecule is O=C(Oc1cccc(F)c1F)c1cc(O)c(O)c(O)c1. The molecule has 0 amide bonds. The normalized spacial score (nSPS) is 10.3. The first-order valence-corrected chi connectivity index (χ1v) is 5.31. The number of rotatable bonds is 2. The fourth-order valence-corrected chi connectivity index (χ4v) is 1.44. The molecule has 0 atom stereocenters. The van der Waals surface area contributed by atoms with E-state index in [1.807, 2.05) is 0 Å². The Labute approximate surface area is 111 Å². The summed E-state index contributed by atoms with van der Waals surface area (Å²) in [5.41, 5.74) is -0.346. The van der Waals surface area contributed by atoms with Gasteiger partial charge in [-0.3, -0.25) is 0 Å². The number of hydrogen-bond acceptors (Lipinski definition) is 5. The topological polar surface area (TPSA) is 87.0 Å². The van der Waals surface area contributed by atoms with E-state index in [1.54, 1.807) is 0 Å². The summed E-state index contributed by atoms with van der Waals surface area (Å²) < 4.78 is 30.8. The highest BCUT2D eigenvalue weighted by Gasteiger charge is 2.18. The quantitative estimate of drug-likeness (QED) is 0.447. The van der Waals surface area contributed by atoms with Gasteiger partial charge in [0.15, 0.2) is 28.8 Å². The second kappa shape index (κ2) is 5.04. The standard InChI is InChI=1S/C13H8F2O5/c14-7-2-1-3-10(11(7)15)20-13(19)6-4-8(16)12(18)9(17)5-6/h1-5,16-18H. The number of aromatic hydroxyl groups is 3. The molecule has 0 aliphatic carbocycles. The third-order valence-electron chi connectivity index (χ3n) is 2.42. The lowest BCUT2D eigenvalue weighted by atomic mass is 10.2. The van der Waals surface area contributed by atoms with Crippen molar-refractivity contribution >= 4 is 5.97 Å². The van der Waals surface area contributed by atoms with Crippen molar-refractivity contribution in [3.8, 4) is 23.0 Å². The van der Waals surface area contributed by atoms with E-state index in [2.05, 4.69) is 4.74 Å². The Bertz CT molecular complexity index is 661. The van der Waals surface area contributed by atoms with E-state index < -0.39 is 40.6 Å². The van der Waals surface area contributed by atoms with E-state index in [1.165, 1.54) is 0 Å². The Kier molecular flexibility index (Phi) is 3.43. The van der Waals surface area contributed by atoms with Gasteiger partial charge in [0, 0.05) is 0 Å². The van der Waals surface area contributed by atoms with Gasteiger partial charge in [0.25, 0.3) is 0 Å². The third-order valence-corrected chi connectivity index (χ3v) is 2.42. The average molecular weight is 282 g/mol. The van der Waals surface area contributed by atoms with E-state index in [-0.39, 0.29) is 5.56 Å². The van der Waals surface area contributed by atoms with Gasteiger partial charge in [-0.1, -0.05) is 6.07 Å². The highest BCUT2D eigenvalue weighted by molar-refractivity contribution is 5.92. The Morgan fingerprint density at radius 2 is 1.65 bits per heavy atom. The number of esters is 1. The smallest absolute Gasteiger partial charge is 0.343 e. The van der Waals surface area contributed by atoms with Crippen molar-refractivity contribution < 1.29 is 33.6 Å². The first-order valence-electron chi connectivity index (χ1n) is 5.31. The molecule has 0 radical (unpaired) electrons. The maximum atomic E-state index is 13.3. The molecule has 0 bridgehead atoms. The zero-order chi connectivity index (χ0) is 14.9. The molecule has 3 N–H and O–H groups in total. The van der Waals surface area contributed by atoms with Crippen LogP contribution in [0.15, 0.2) is 30.3 Å². The van der Waals surface area contributed by atoms with Gasteiger partial charge in [-0.2, -0.15) is 4.39 Å². The van der Waals surface area contributed by atoms with Gasteiger partial charge in [0.2, 0.25) is 5.82 Å². The highest BCUT2D eigenvalue weighted by atomic mass is 19.2. The molecule has 2 aromatic carbocycles. The molecule has 0 spiro atoms. The molecule has 0 saturated carbocycles. The van der Waals surface area contributed by atoms with Crippen molar-refractivity contribution in [2.24, 2.45) is 0 Å². The summed E-state index contributed by atoms with van der Waals surface area (Å²) in [6.07, 6.45) is 0. The van der Waals surface area contributed by atoms with E-state index >= 15 is 0 Å². The summed E-state index contributed by atoms with van der Waals surface area (Å²) in [5.74, 6) is -6.62. The van der Waals surface area contributed by atoms with Gasteiger partial charge in [-0.05, 0) is 24.3 Å². The maximum absolute atomic E-state index is 13.3. The Balaban J connectivity index is 2.31. The molecule has 5 nitrogen and oxygen atoms in total. The van der Waals surface area contributed by atoms with Gasteiger partial charge in [-0.25, -0.2) is 9.18 Å². The van der Waals surface area contributed by atoms with Gasteiger partial charge in [0.1, 0.15) is 0 Å². The van der Waals surface area contributed by atoms with Crippen LogP contribution >= 0.6 is 0 Å². The van der Waals surface area contributed by atoms with Crippen LogP contribution in [0.4, 0.5) is 8.78 Å². The minimum Gasteiger partial charge on any atom is -0.504 e. The number of benzene rings is 2. The molecule has 2 rings (SSSR count). The lowest BCUT2D eigenvalue weighted by Crippen LogP contribution is -2.10. The monoisotopic (exact) mass is 282 g/mol. The van der Waals surface area contributed by atoms with Crippen molar-refractivity contribution in [2.45, 2.75) is 0 Å². The second-order valence-electron chi connectivity index (χ2n) is 3.80. The minimum atomic E-state index is -1.34. The van der Waals surface area contributed by atoms with Crippen molar-refractivity contribution in [1.82, 2.24) is 0 Å². The first kappa shape index (κ1) is 13.6. The number of phenols is 3. The molecule has 0 fully saturated rings. The van der Waals surface area contributed by atoms with Crippen LogP contribution in [0.2, 0.25) is 0 Å². The predicted octanol–water partition coefficient (Wildman–Crippen LogP) is 2.30. The Morgan fingerprint density at radius 3 is 2.25 bits per heavy atom.